The molecule has 1 saturated heterocycles. The Balaban J connectivity index is 2.40. The minimum atomic E-state index is -0.738. The number of carbonyl (C=O) groups excluding carboxylic acids is 3. The summed E-state index contributed by atoms with van der Waals surface area (Å²) in [6.07, 6.45) is 1.61. The molecule has 6 nitrogen and oxygen atoms in total. The summed E-state index contributed by atoms with van der Waals surface area (Å²) >= 11 is 0. The van der Waals surface area contributed by atoms with E-state index < -0.39 is 17.8 Å². The zero-order valence-electron chi connectivity index (χ0n) is 9.89. The molecule has 6 heteroatoms. The first-order valence-corrected chi connectivity index (χ1v) is 5.23. The third kappa shape index (κ3) is 2.57. The molecule has 1 rings (SSSR count). The van der Waals surface area contributed by atoms with Crippen LogP contribution in [0.4, 0.5) is 4.79 Å². The molecule has 16 heavy (non-hydrogen) atoms. The Kier molecular flexibility index (Phi) is 4.00. The number of rotatable bonds is 5. The highest BCUT2D eigenvalue weighted by Gasteiger charge is 2.41. The van der Waals surface area contributed by atoms with Crippen molar-refractivity contribution in [3.8, 4) is 0 Å². The van der Waals surface area contributed by atoms with Crippen molar-refractivity contribution in [1.82, 2.24) is 14.7 Å². The number of amides is 4. The molecular weight excluding hydrogens is 210 g/mol. The molecule has 0 aromatic heterocycles. The zero-order valence-corrected chi connectivity index (χ0v) is 9.89. The Morgan fingerprint density at radius 1 is 1.06 bits per heavy atom. The molecule has 0 saturated carbocycles. The summed E-state index contributed by atoms with van der Waals surface area (Å²) in [5, 5.41) is 0. The highest BCUT2D eigenvalue weighted by Crippen LogP contribution is 2.10. The topological polar surface area (TPSA) is 60.9 Å². The molecule has 4 amide bonds. The van der Waals surface area contributed by atoms with Gasteiger partial charge in [-0.05, 0) is 33.5 Å². The lowest BCUT2D eigenvalue weighted by molar-refractivity contribution is -0.142. The lowest BCUT2D eigenvalue weighted by Gasteiger charge is -2.13. The van der Waals surface area contributed by atoms with E-state index in [0.717, 1.165) is 29.2 Å². The maximum absolute atomic E-state index is 11.5. The predicted octanol–water partition coefficient (Wildman–Crippen LogP) is -0.251. The molecule has 0 unspecified atom stereocenters. The summed E-state index contributed by atoms with van der Waals surface area (Å²) in [5.41, 5.74) is 0. The molecule has 1 aliphatic heterocycles. The van der Waals surface area contributed by atoms with Crippen LogP contribution in [0.3, 0.4) is 0 Å². The third-order valence-corrected chi connectivity index (χ3v) is 2.49. The van der Waals surface area contributed by atoms with Crippen LogP contribution in [-0.4, -0.2) is 66.8 Å². The first-order chi connectivity index (χ1) is 7.45. The van der Waals surface area contributed by atoms with Crippen molar-refractivity contribution >= 4 is 17.8 Å². The molecule has 0 aliphatic carbocycles. The monoisotopic (exact) mass is 227 g/mol. The third-order valence-electron chi connectivity index (χ3n) is 2.49. The Morgan fingerprint density at radius 3 is 2.12 bits per heavy atom. The molecule has 0 aromatic rings. The van der Waals surface area contributed by atoms with E-state index in [0.29, 0.717) is 6.54 Å². The van der Waals surface area contributed by atoms with Gasteiger partial charge in [0.1, 0.15) is 0 Å². The quantitative estimate of drug-likeness (QED) is 0.369. The van der Waals surface area contributed by atoms with Gasteiger partial charge in [0.2, 0.25) is 0 Å². The Labute approximate surface area is 94.8 Å². The van der Waals surface area contributed by atoms with Crippen LogP contribution in [0, 0.1) is 0 Å². The molecular formula is C10H17N3O3. The average Bonchev–Trinajstić information content (AvgIpc) is 2.40. The number of nitrogens with zero attached hydrogens (tertiary/aromatic N) is 3. The van der Waals surface area contributed by atoms with Crippen molar-refractivity contribution < 1.29 is 14.4 Å². The maximum atomic E-state index is 11.5. The number of hydrogen-bond acceptors (Lipinski definition) is 4. The lowest BCUT2D eigenvalue weighted by atomic mass is 10.3. The number of imide groups is 2. The van der Waals surface area contributed by atoms with Crippen LogP contribution in [-0.2, 0) is 9.59 Å². The predicted molar refractivity (Wildman–Crippen MR) is 57.7 cm³/mol. The van der Waals surface area contributed by atoms with Gasteiger partial charge in [-0.15, -0.1) is 0 Å². The van der Waals surface area contributed by atoms with E-state index >= 15 is 0 Å². The van der Waals surface area contributed by atoms with Gasteiger partial charge in [-0.25, -0.2) is 4.79 Å². The van der Waals surface area contributed by atoms with Crippen LogP contribution in [0.15, 0.2) is 0 Å². The molecule has 90 valence electrons. The molecule has 0 bridgehead atoms. The van der Waals surface area contributed by atoms with Crippen LogP contribution in [0.1, 0.15) is 12.8 Å². The maximum Gasteiger partial charge on any atom is 0.333 e. The van der Waals surface area contributed by atoms with Gasteiger partial charge < -0.3 is 4.90 Å². The normalized spacial score (nSPS) is 16.9. The summed E-state index contributed by atoms with van der Waals surface area (Å²) in [6.45, 7) is 1.22. The Hall–Kier alpha value is -1.43. The summed E-state index contributed by atoms with van der Waals surface area (Å²) in [6, 6.07) is -0.514. The van der Waals surface area contributed by atoms with Gasteiger partial charge in [0.15, 0.2) is 0 Å². The number of likely N-dealkylation sites (N-methyl/N-ethyl adjacent to an activating group) is 1. The Bertz CT molecular complexity index is 314. The van der Waals surface area contributed by atoms with Gasteiger partial charge in [0.25, 0.3) is 0 Å². The van der Waals surface area contributed by atoms with Gasteiger partial charge in [-0.1, -0.05) is 0 Å². The lowest BCUT2D eigenvalue weighted by Crippen LogP contribution is -2.32. The molecule has 1 aliphatic rings. The standard InChI is InChI=1S/C10H17N3O3/c1-11(2)6-4-5-7-13-9(15)8(14)12(3)10(13)16/h4-7H2,1-3H3. The van der Waals surface area contributed by atoms with Gasteiger partial charge in [-0.3, -0.25) is 19.4 Å². The van der Waals surface area contributed by atoms with Crippen molar-refractivity contribution in [3.05, 3.63) is 0 Å². The second-order valence-corrected chi connectivity index (χ2v) is 4.11. The van der Waals surface area contributed by atoms with Crippen LogP contribution in [0.2, 0.25) is 0 Å². The first kappa shape index (κ1) is 12.6. The van der Waals surface area contributed by atoms with Crippen LogP contribution in [0.5, 0.6) is 0 Å². The van der Waals surface area contributed by atoms with Crippen molar-refractivity contribution in [2.45, 2.75) is 12.8 Å². The first-order valence-electron chi connectivity index (χ1n) is 5.23. The van der Waals surface area contributed by atoms with Crippen LogP contribution in [0.25, 0.3) is 0 Å². The molecule has 0 radical (unpaired) electrons. The number of urea groups is 1. The largest absolute Gasteiger partial charge is 0.333 e. The zero-order chi connectivity index (χ0) is 12.3. The number of hydrogen-bond donors (Lipinski definition) is 0. The molecule has 1 fully saturated rings. The second kappa shape index (κ2) is 5.07. The van der Waals surface area contributed by atoms with Gasteiger partial charge in [-0.2, -0.15) is 0 Å². The molecule has 0 N–H and O–H groups in total. The van der Waals surface area contributed by atoms with E-state index in [1.165, 1.54) is 7.05 Å². The highest BCUT2D eigenvalue weighted by atomic mass is 16.2. The minimum Gasteiger partial charge on any atom is -0.309 e. The van der Waals surface area contributed by atoms with E-state index in [4.69, 9.17) is 0 Å². The van der Waals surface area contributed by atoms with Gasteiger partial charge in [0, 0.05) is 13.6 Å². The fourth-order valence-corrected chi connectivity index (χ4v) is 1.51. The minimum absolute atomic E-state index is 0.321. The second-order valence-electron chi connectivity index (χ2n) is 4.11. The van der Waals surface area contributed by atoms with E-state index in [-0.39, 0.29) is 0 Å². The molecule has 0 aromatic carbocycles. The van der Waals surface area contributed by atoms with Crippen LogP contribution >= 0.6 is 0 Å². The number of unbranched alkanes of at least 4 members (excludes halogenated alkanes) is 1. The average molecular weight is 227 g/mol. The van der Waals surface area contributed by atoms with Crippen molar-refractivity contribution in [2.75, 3.05) is 34.2 Å². The van der Waals surface area contributed by atoms with E-state index in [1.807, 2.05) is 19.0 Å². The summed E-state index contributed by atoms with van der Waals surface area (Å²) in [4.78, 5) is 37.9. The highest BCUT2D eigenvalue weighted by molar-refractivity contribution is 6.44. The molecule has 0 atom stereocenters. The van der Waals surface area contributed by atoms with Crippen LogP contribution < -0.4 is 0 Å². The summed E-state index contributed by atoms with van der Waals surface area (Å²) in [7, 11) is 5.25. The molecule has 0 spiro atoms. The summed E-state index contributed by atoms with van der Waals surface area (Å²) < 4.78 is 0. The SMILES string of the molecule is CN(C)CCCCN1C(=O)C(=O)N(C)C1=O. The van der Waals surface area contributed by atoms with E-state index in [2.05, 4.69) is 0 Å². The fraction of sp³-hybridized carbons (Fsp3) is 0.700. The van der Waals surface area contributed by atoms with Gasteiger partial charge in [0.05, 0.1) is 0 Å². The summed E-state index contributed by atoms with van der Waals surface area (Å²) in [5.74, 6) is -1.45. The fourth-order valence-electron chi connectivity index (χ4n) is 1.51. The van der Waals surface area contributed by atoms with E-state index in [9.17, 15) is 14.4 Å². The van der Waals surface area contributed by atoms with Gasteiger partial charge >= 0.3 is 17.8 Å². The number of carbonyl (C=O) groups is 3. The molecule has 1 heterocycles. The smallest absolute Gasteiger partial charge is 0.309 e. The van der Waals surface area contributed by atoms with Crippen molar-refractivity contribution in [2.24, 2.45) is 0 Å². The van der Waals surface area contributed by atoms with Crippen molar-refractivity contribution in [1.29, 1.82) is 0 Å². The van der Waals surface area contributed by atoms with Crippen molar-refractivity contribution in [3.63, 3.8) is 0 Å². The van der Waals surface area contributed by atoms with E-state index in [1.54, 1.807) is 0 Å². The Morgan fingerprint density at radius 2 is 1.69 bits per heavy atom.